The van der Waals surface area contributed by atoms with Gasteiger partial charge in [-0.05, 0) is 6.42 Å². The van der Waals surface area contributed by atoms with Gasteiger partial charge >= 0.3 is 0 Å². The molecule has 34 heavy (non-hydrogen) atoms. The number of anilines is 2. The second-order valence-corrected chi connectivity index (χ2v) is 8.77. The van der Waals surface area contributed by atoms with E-state index in [0.29, 0.717) is 5.82 Å². The van der Waals surface area contributed by atoms with E-state index in [1.807, 2.05) is 0 Å². The van der Waals surface area contributed by atoms with Gasteiger partial charge in [0.1, 0.15) is 36.3 Å². The highest BCUT2D eigenvalue weighted by molar-refractivity contribution is 5.96. The van der Waals surface area contributed by atoms with Gasteiger partial charge in [0.15, 0.2) is 18.4 Å². The van der Waals surface area contributed by atoms with Gasteiger partial charge in [-0.1, -0.05) is 39.0 Å². The van der Waals surface area contributed by atoms with Crippen LogP contribution in [0.3, 0.4) is 0 Å². The van der Waals surface area contributed by atoms with Crippen molar-refractivity contribution in [1.29, 1.82) is 0 Å². The van der Waals surface area contributed by atoms with Crippen molar-refractivity contribution < 1.29 is 19.7 Å². The first-order valence-corrected chi connectivity index (χ1v) is 12.0. The zero-order chi connectivity index (χ0) is 23.9. The van der Waals surface area contributed by atoms with Crippen LogP contribution in [0.4, 0.5) is 11.6 Å². The summed E-state index contributed by atoms with van der Waals surface area (Å²) in [4.78, 5) is 30.4. The number of carbonyl (C=O) groups is 1. The molecule has 1 fully saturated rings. The number of aliphatic hydroxyl groups excluding tert-OH is 2. The lowest BCUT2D eigenvalue weighted by Crippen LogP contribution is -2.53. The minimum atomic E-state index is -1.18. The molecule has 186 valence electrons. The molecule has 0 aliphatic carbocycles. The van der Waals surface area contributed by atoms with Crippen LogP contribution in [0.2, 0.25) is 0 Å². The molecule has 4 rings (SSSR count). The average molecular weight is 475 g/mol. The van der Waals surface area contributed by atoms with E-state index in [0.717, 1.165) is 18.8 Å². The van der Waals surface area contributed by atoms with E-state index in [4.69, 9.17) is 4.74 Å². The maximum atomic E-state index is 11.9. The van der Waals surface area contributed by atoms with E-state index in [2.05, 4.69) is 42.8 Å². The first-order valence-electron chi connectivity index (χ1n) is 12.0. The van der Waals surface area contributed by atoms with Crippen LogP contribution >= 0.6 is 0 Å². The number of hydrogen-bond donors (Lipinski definition) is 5. The Labute approximate surface area is 198 Å². The summed E-state index contributed by atoms with van der Waals surface area (Å²) in [5.41, 5.74) is 0. The van der Waals surface area contributed by atoms with Crippen molar-refractivity contribution in [2.45, 2.75) is 82.2 Å². The molecule has 0 bridgehead atoms. The van der Waals surface area contributed by atoms with Gasteiger partial charge in [0, 0.05) is 19.2 Å². The van der Waals surface area contributed by atoms with Crippen LogP contribution in [0, 0.1) is 0 Å². The molecule has 1 aromatic rings. The predicted octanol–water partition coefficient (Wildman–Crippen LogP) is 0.304. The molecule has 0 spiro atoms. The number of aromatic nitrogens is 2. The number of aliphatic hydroxyl groups is 2. The molecule has 5 N–H and O–H groups in total. The largest absolute Gasteiger partial charge is 0.387 e. The second kappa shape index (κ2) is 11.5. The summed E-state index contributed by atoms with van der Waals surface area (Å²) in [7, 11) is 0. The van der Waals surface area contributed by atoms with Crippen LogP contribution in [0.1, 0.15) is 45.4 Å². The first kappa shape index (κ1) is 24.3. The number of hydrogen-bond acceptors (Lipinski definition) is 11. The highest BCUT2D eigenvalue weighted by Crippen LogP contribution is 2.29. The number of amides is 1. The molecule has 0 aromatic carbocycles. The summed E-state index contributed by atoms with van der Waals surface area (Å²) in [6.45, 7) is 3.29. The highest BCUT2D eigenvalue weighted by Gasteiger charge is 2.50. The fourth-order valence-corrected chi connectivity index (χ4v) is 4.32. The molecule has 0 radical (unpaired) electrons. The Bertz CT molecular complexity index is 884. The summed E-state index contributed by atoms with van der Waals surface area (Å²) >= 11 is 0. The summed E-state index contributed by atoms with van der Waals surface area (Å²) in [6, 6.07) is 1.11. The van der Waals surface area contributed by atoms with Gasteiger partial charge < -0.3 is 35.8 Å². The van der Waals surface area contributed by atoms with Crippen LogP contribution in [0.5, 0.6) is 0 Å². The van der Waals surface area contributed by atoms with Crippen molar-refractivity contribution in [1.82, 2.24) is 20.2 Å². The molecular formula is C22H34N8O4. The molecule has 6 atom stereocenters. The third-order valence-electron chi connectivity index (χ3n) is 6.27. The molecule has 1 aromatic heterocycles. The Morgan fingerprint density at radius 3 is 2.65 bits per heavy atom. The number of carbonyl (C=O) groups excluding carboxylic acids is 1. The number of ether oxygens (including phenoxy) is 1. The molecule has 12 nitrogen and oxygen atoms in total. The molecular weight excluding hydrogens is 440 g/mol. The van der Waals surface area contributed by atoms with Crippen LogP contribution in [0.15, 0.2) is 22.4 Å². The lowest BCUT2D eigenvalue weighted by molar-refractivity contribution is -0.123. The molecule has 1 saturated heterocycles. The van der Waals surface area contributed by atoms with E-state index in [-0.39, 0.29) is 12.5 Å². The highest BCUT2D eigenvalue weighted by atomic mass is 16.6. The zero-order valence-corrected chi connectivity index (χ0v) is 19.4. The van der Waals surface area contributed by atoms with E-state index < -0.39 is 36.7 Å². The molecule has 1 amide bonds. The third-order valence-corrected chi connectivity index (χ3v) is 6.27. The van der Waals surface area contributed by atoms with Crippen molar-refractivity contribution in [3.8, 4) is 0 Å². The van der Waals surface area contributed by atoms with Gasteiger partial charge in [0.25, 0.3) is 5.91 Å². The zero-order valence-electron chi connectivity index (χ0n) is 19.4. The quantitative estimate of drug-likeness (QED) is 0.269. The van der Waals surface area contributed by atoms with E-state index in [1.165, 1.54) is 51.1 Å². The summed E-state index contributed by atoms with van der Waals surface area (Å²) in [5.74, 6) is 1.05. The maximum Gasteiger partial charge on any atom is 0.254 e. The van der Waals surface area contributed by atoms with Crippen molar-refractivity contribution in [3.63, 3.8) is 0 Å². The summed E-state index contributed by atoms with van der Waals surface area (Å²) in [5, 5.41) is 30.1. The predicted molar refractivity (Wildman–Crippen MR) is 128 cm³/mol. The van der Waals surface area contributed by atoms with Crippen LogP contribution in [-0.4, -0.2) is 93.5 Å². The lowest BCUT2D eigenvalue weighted by atomic mass is 10.1. The van der Waals surface area contributed by atoms with Crippen molar-refractivity contribution in [2.24, 2.45) is 9.98 Å². The van der Waals surface area contributed by atoms with E-state index >= 15 is 0 Å². The number of aliphatic imine (C=N–C) groups is 2. The van der Waals surface area contributed by atoms with Crippen LogP contribution in [0.25, 0.3) is 0 Å². The van der Waals surface area contributed by atoms with Gasteiger partial charge in [-0.15, -0.1) is 0 Å². The molecule has 4 heterocycles. The molecule has 12 heteroatoms. The Kier molecular flexibility index (Phi) is 8.25. The fraction of sp³-hybridized carbons (Fsp3) is 0.682. The number of rotatable bonds is 12. The number of fused-ring (bicyclic) bond motifs is 1. The van der Waals surface area contributed by atoms with Gasteiger partial charge in [0.05, 0.1) is 12.7 Å². The van der Waals surface area contributed by atoms with Crippen LogP contribution < -0.4 is 16.0 Å². The summed E-state index contributed by atoms with van der Waals surface area (Å²) < 4.78 is 5.93. The third kappa shape index (κ3) is 5.62. The fourth-order valence-electron chi connectivity index (χ4n) is 4.32. The molecule has 3 aliphatic heterocycles. The maximum absolute atomic E-state index is 11.9. The molecule has 3 aliphatic rings. The SMILES string of the molecule is CCCCCCCCNc1cc(NC[C@H]2O[C@@H](N3C=NC4C(=O)NC=NC43)[C@H](O)[C@@H]2O)ncn1. The van der Waals surface area contributed by atoms with Crippen molar-refractivity contribution in [3.05, 3.63) is 12.4 Å². The Morgan fingerprint density at radius 2 is 1.82 bits per heavy atom. The molecule has 2 unspecified atom stereocenters. The normalized spacial score (nSPS) is 29.9. The van der Waals surface area contributed by atoms with E-state index in [9.17, 15) is 15.0 Å². The topological polar surface area (TPSA) is 157 Å². The monoisotopic (exact) mass is 474 g/mol. The van der Waals surface area contributed by atoms with Gasteiger partial charge in [-0.2, -0.15) is 0 Å². The van der Waals surface area contributed by atoms with E-state index in [1.54, 1.807) is 11.0 Å². The van der Waals surface area contributed by atoms with Gasteiger partial charge in [-0.3, -0.25) is 9.79 Å². The smallest absolute Gasteiger partial charge is 0.254 e. The molecule has 0 saturated carbocycles. The van der Waals surface area contributed by atoms with Crippen molar-refractivity contribution in [2.75, 3.05) is 23.7 Å². The second-order valence-electron chi connectivity index (χ2n) is 8.77. The Morgan fingerprint density at radius 1 is 1.06 bits per heavy atom. The first-order chi connectivity index (χ1) is 16.6. The van der Waals surface area contributed by atoms with Gasteiger partial charge in [-0.25, -0.2) is 15.0 Å². The Balaban J connectivity index is 1.25. The average Bonchev–Trinajstić information content (AvgIpc) is 3.39. The van der Waals surface area contributed by atoms with Gasteiger partial charge in [0.2, 0.25) is 0 Å². The minimum Gasteiger partial charge on any atom is -0.387 e. The number of nitrogens with one attached hydrogen (secondary N) is 3. The van der Waals surface area contributed by atoms with Crippen LogP contribution in [-0.2, 0) is 9.53 Å². The van der Waals surface area contributed by atoms with Crippen molar-refractivity contribution >= 4 is 30.2 Å². The number of nitrogens with zero attached hydrogens (tertiary/aromatic N) is 5. The number of unbranched alkanes of at least 4 members (excludes halogenated alkanes) is 5. The standard InChI is InChI=1S/C22H34N8O4/c1-2-3-4-5-6-7-8-23-15-9-16(26-11-25-15)24-10-14-18(31)19(32)22(34-14)30-13-29-17-20(30)27-12-28-21(17)33/h9,11-14,17-20,22,31-32H,2-8,10H2,1H3,(H,27,28,33)(H2,23,24,25,26)/t14-,17?,18-,19-,20?,22-/m1/s1. The minimum absolute atomic E-state index is 0.228. The Hall–Kier alpha value is -2.83. The lowest BCUT2D eigenvalue weighted by Gasteiger charge is -2.31. The summed E-state index contributed by atoms with van der Waals surface area (Å²) in [6.07, 6.45) is 7.13.